The lowest BCUT2D eigenvalue weighted by Gasteiger charge is -2.18. The molecule has 1 aromatic rings. The van der Waals surface area contributed by atoms with Crippen LogP contribution < -0.4 is 10.6 Å². The number of nitrogens with zero attached hydrogens (tertiary/aromatic N) is 1. The van der Waals surface area contributed by atoms with Gasteiger partial charge in [0.15, 0.2) is 0 Å². The van der Waals surface area contributed by atoms with Crippen molar-refractivity contribution in [2.75, 3.05) is 11.9 Å². The summed E-state index contributed by atoms with van der Waals surface area (Å²) in [7, 11) is 0. The molecule has 0 spiro atoms. The Balaban J connectivity index is 2.76. The molecule has 112 valence electrons. The molecule has 0 bridgehead atoms. The molecular formula is C16H27N3O. The highest BCUT2D eigenvalue weighted by Gasteiger charge is 2.15. The molecule has 2 N–H and O–H groups in total. The van der Waals surface area contributed by atoms with Crippen molar-refractivity contribution in [1.82, 2.24) is 10.3 Å². The van der Waals surface area contributed by atoms with E-state index in [1.165, 1.54) is 0 Å². The fourth-order valence-corrected chi connectivity index (χ4v) is 2.21. The van der Waals surface area contributed by atoms with Crippen LogP contribution in [0.1, 0.15) is 56.6 Å². The Morgan fingerprint density at radius 1 is 1.35 bits per heavy atom. The van der Waals surface area contributed by atoms with Gasteiger partial charge < -0.3 is 10.6 Å². The van der Waals surface area contributed by atoms with E-state index in [-0.39, 0.29) is 11.9 Å². The van der Waals surface area contributed by atoms with Crippen molar-refractivity contribution >= 4 is 11.6 Å². The highest BCUT2D eigenvalue weighted by Crippen LogP contribution is 2.16. The van der Waals surface area contributed by atoms with Gasteiger partial charge in [0.25, 0.3) is 5.91 Å². The molecule has 2 atom stereocenters. The summed E-state index contributed by atoms with van der Waals surface area (Å²) >= 11 is 0. The number of pyridine rings is 1. The summed E-state index contributed by atoms with van der Waals surface area (Å²) in [6.07, 6.45) is 3.78. The first-order valence-corrected chi connectivity index (χ1v) is 7.49. The zero-order valence-corrected chi connectivity index (χ0v) is 13.3. The van der Waals surface area contributed by atoms with E-state index < -0.39 is 0 Å². The van der Waals surface area contributed by atoms with E-state index in [1.54, 1.807) is 6.20 Å². The summed E-state index contributed by atoms with van der Waals surface area (Å²) in [6.45, 7) is 11.2. The van der Waals surface area contributed by atoms with Crippen molar-refractivity contribution in [3.63, 3.8) is 0 Å². The smallest absolute Gasteiger partial charge is 0.255 e. The van der Waals surface area contributed by atoms with Crippen molar-refractivity contribution in [1.29, 1.82) is 0 Å². The fourth-order valence-electron chi connectivity index (χ4n) is 2.21. The molecular weight excluding hydrogens is 250 g/mol. The summed E-state index contributed by atoms with van der Waals surface area (Å²) in [4.78, 5) is 16.6. The van der Waals surface area contributed by atoms with E-state index in [1.807, 2.05) is 19.9 Å². The van der Waals surface area contributed by atoms with E-state index in [2.05, 4.69) is 36.4 Å². The van der Waals surface area contributed by atoms with Crippen LogP contribution in [0, 0.1) is 12.8 Å². The van der Waals surface area contributed by atoms with Crippen molar-refractivity contribution in [2.24, 2.45) is 5.92 Å². The van der Waals surface area contributed by atoms with Crippen LogP contribution in [0.5, 0.6) is 0 Å². The first kappa shape index (κ1) is 16.5. The minimum atomic E-state index is -0.0516. The number of anilines is 1. The number of aromatic nitrogens is 1. The monoisotopic (exact) mass is 277 g/mol. The molecule has 0 aliphatic heterocycles. The summed E-state index contributed by atoms with van der Waals surface area (Å²) < 4.78 is 0. The van der Waals surface area contributed by atoms with Crippen LogP contribution in [0.4, 0.5) is 5.69 Å². The highest BCUT2D eigenvalue weighted by molar-refractivity contribution is 5.99. The minimum absolute atomic E-state index is 0.0516. The van der Waals surface area contributed by atoms with Crippen LogP contribution in [0.2, 0.25) is 0 Å². The van der Waals surface area contributed by atoms with Crippen LogP contribution in [0.3, 0.4) is 0 Å². The van der Waals surface area contributed by atoms with Gasteiger partial charge in [0.05, 0.1) is 11.3 Å². The maximum atomic E-state index is 12.3. The number of nitrogens with one attached hydrogen (secondary N) is 2. The van der Waals surface area contributed by atoms with E-state index >= 15 is 0 Å². The van der Waals surface area contributed by atoms with Gasteiger partial charge in [0, 0.05) is 24.5 Å². The lowest BCUT2D eigenvalue weighted by molar-refractivity contribution is 0.0936. The normalized spacial score (nSPS) is 13.7. The Labute approximate surface area is 122 Å². The second-order valence-electron chi connectivity index (χ2n) is 5.53. The number of carbonyl (C=O) groups excluding carboxylic acids is 1. The van der Waals surface area contributed by atoms with Gasteiger partial charge in [-0.25, -0.2) is 0 Å². The first-order valence-electron chi connectivity index (χ1n) is 7.49. The second kappa shape index (κ2) is 7.88. The van der Waals surface area contributed by atoms with Gasteiger partial charge in [-0.05, 0) is 39.2 Å². The Morgan fingerprint density at radius 2 is 2.05 bits per heavy atom. The molecule has 0 aliphatic rings. The van der Waals surface area contributed by atoms with Gasteiger partial charge in [0.1, 0.15) is 0 Å². The van der Waals surface area contributed by atoms with Crippen molar-refractivity contribution in [2.45, 2.75) is 53.5 Å². The first-order chi connectivity index (χ1) is 9.47. The number of amides is 1. The topological polar surface area (TPSA) is 54.0 Å². The summed E-state index contributed by atoms with van der Waals surface area (Å²) in [5.74, 6) is 0.568. The number of carbonyl (C=O) groups is 1. The molecule has 0 aromatic carbocycles. The van der Waals surface area contributed by atoms with E-state index in [0.717, 1.165) is 30.8 Å². The highest BCUT2D eigenvalue weighted by atomic mass is 16.1. The largest absolute Gasteiger partial charge is 0.385 e. The predicted octanol–water partition coefficient (Wildman–Crippen LogP) is 3.38. The molecule has 4 nitrogen and oxygen atoms in total. The average Bonchev–Trinajstić information content (AvgIpc) is 2.38. The van der Waals surface area contributed by atoms with Crippen LogP contribution in [0.15, 0.2) is 12.3 Å². The SMILES string of the molecule is CCNc1cc(C)ncc1C(=O)NC(C)CC(C)CC. The summed E-state index contributed by atoms with van der Waals surface area (Å²) in [5, 5.41) is 6.28. The van der Waals surface area contributed by atoms with Crippen LogP contribution in [0.25, 0.3) is 0 Å². The molecule has 1 aromatic heterocycles. The maximum absolute atomic E-state index is 12.3. The second-order valence-corrected chi connectivity index (χ2v) is 5.53. The third-order valence-electron chi connectivity index (χ3n) is 3.48. The van der Waals surface area contributed by atoms with E-state index in [0.29, 0.717) is 11.5 Å². The quantitative estimate of drug-likeness (QED) is 0.803. The van der Waals surface area contributed by atoms with Gasteiger partial charge in [-0.1, -0.05) is 20.3 Å². The summed E-state index contributed by atoms with van der Waals surface area (Å²) in [6, 6.07) is 2.09. The molecule has 0 aliphatic carbocycles. The molecule has 0 saturated carbocycles. The standard InChI is InChI=1S/C16H27N3O/c1-6-11(3)8-13(5)19-16(20)14-10-18-12(4)9-15(14)17-7-2/h9-11,13H,6-8H2,1-5H3,(H,17,18)(H,19,20). The Morgan fingerprint density at radius 3 is 2.65 bits per heavy atom. The maximum Gasteiger partial charge on any atom is 0.255 e. The lowest BCUT2D eigenvalue weighted by atomic mass is 10.00. The van der Waals surface area contributed by atoms with E-state index in [9.17, 15) is 4.79 Å². The third kappa shape index (κ3) is 4.83. The number of rotatable bonds is 7. The molecule has 2 unspecified atom stereocenters. The Bertz CT molecular complexity index is 445. The number of hydrogen-bond donors (Lipinski definition) is 2. The molecule has 0 fully saturated rings. The molecule has 20 heavy (non-hydrogen) atoms. The molecule has 1 amide bonds. The van der Waals surface area contributed by atoms with Crippen molar-refractivity contribution in [3.05, 3.63) is 23.5 Å². The zero-order valence-electron chi connectivity index (χ0n) is 13.3. The van der Waals surface area contributed by atoms with Gasteiger partial charge in [0.2, 0.25) is 0 Å². The Kier molecular flexibility index (Phi) is 6.49. The van der Waals surface area contributed by atoms with Crippen LogP contribution in [-0.4, -0.2) is 23.5 Å². The van der Waals surface area contributed by atoms with Crippen molar-refractivity contribution < 1.29 is 4.79 Å². The predicted molar refractivity (Wildman–Crippen MR) is 84.1 cm³/mol. The van der Waals surface area contributed by atoms with E-state index in [4.69, 9.17) is 0 Å². The molecule has 0 radical (unpaired) electrons. The van der Waals surface area contributed by atoms with Crippen LogP contribution in [-0.2, 0) is 0 Å². The van der Waals surface area contributed by atoms with Gasteiger partial charge >= 0.3 is 0 Å². The minimum Gasteiger partial charge on any atom is -0.385 e. The molecule has 0 saturated heterocycles. The number of hydrogen-bond acceptors (Lipinski definition) is 3. The van der Waals surface area contributed by atoms with Gasteiger partial charge in [-0.15, -0.1) is 0 Å². The molecule has 1 rings (SSSR count). The average molecular weight is 277 g/mol. The Hall–Kier alpha value is -1.58. The van der Waals surface area contributed by atoms with Crippen molar-refractivity contribution in [3.8, 4) is 0 Å². The molecule has 1 heterocycles. The summed E-state index contributed by atoms with van der Waals surface area (Å²) in [5.41, 5.74) is 2.38. The molecule has 4 heteroatoms. The van der Waals surface area contributed by atoms with Gasteiger partial charge in [-0.2, -0.15) is 0 Å². The lowest BCUT2D eigenvalue weighted by Crippen LogP contribution is -2.34. The van der Waals surface area contributed by atoms with Crippen LogP contribution >= 0.6 is 0 Å². The fraction of sp³-hybridized carbons (Fsp3) is 0.625. The third-order valence-corrected chi connectivity index (χ3v) is 3.48. The van der Waals surface area contributed by atoms with Gasteiger partial charge in [-0.3, -0.25) is 9.78 Å². The number of aryl methyl sites for hydroxylation is 1. The zero-order chi connectivity index (χ0) is 15.1.